The van der Waals surface area contributed by atoms with Gasteiger partial charge in [-0.3, -0.25) is 0 Å². The monoisotopic (exact) mass is 227 g/mol. The molecule has 0 aromatic carbocycles. The molecule has 0 saturated carbocycles. The Morgan fingerprint density at radius 1 is 1.38 bits per heavy atom. The normalized spacial score (nSPS) is 12.5. The molecule has 0 saturated heterocycles. The fourth-order valence-electron chi connectivity index (χ4n) is 1.16. The van der Waals surface area contributed by atoms with Gasteiger partial charge < -0.3 is 9.64 Å². The van der Waals surface area contributed by atoms with E-state index in [1.165, 1.54) is 5.57 Å². The van der Waals surface area contributed by atoms with Gasteiger partial charge in [0, 0.05) is 13.1 Å². The molecule has 16 heavy (non-hydrogen) atoms. The van der Waals surface area contributed by atoms with Crippen molar-refractivity contribution in [3.8, 4) is 0 Å². The van der Waals surface area contributed by atoms with Gasteiger partial charge in [0.05, 0.1) is 0 Å². The molecule has 0 atom stereocenters. The van der Waals surface area contributed by atoms with E-state index in [0.717, 1.165) is 13.0 Å². The van der Waals surface area contributed by atoms with Gasteiger partial charge in [-0.25, -0.2) is 4.79 Å². The quantitative estimate of drug-likeness (QED) is 0.687. The summed E-state index contributed by atoms with van der Waals surface area (Å²) in [7, 11) is 0. The summed E-state index contributed by atoms with van der Waals surface area (Å²) in [5, 5.41) is 0. The Hall–Kier alpha value is -0.990. The lowest BCUT2D eigenvalue weighted by Crippen LogP contribution is -2.37. The first kappa shape index (κ1) is 15.0. The molecule has 3 heteroatoms. The fraction of sp³-hybridized carbons (Fsp3) is 0.769. The Bertz CT molecular complexity index is 251. The second kappa shape index (κ2) is 6.56. The molecule has 0 aromatic heterocycles. The summed E-state index contributed by atoms with van der Waals surface area (Å²) in [4.78, 5) is 13.5. The first-order valence-electron chi connectivity index (χ1n) is 5.90. The summed E-state index contributed by atoms with van der Waals surface area (Å²) in [5.74, 6) is 0. The molecule has 0 N–H and O–H groups in total. The van der Waals surface area contributed by atoms with Crippen LogP contribution >= 0.6 is 0 Å². The maximum atomic E-state index is 11.8. The van der Waals surface area contributed by atoms with Crippen LogP contribution in [0.5, 0.6) is 0 Å². The zero-order chi connectivity index (χ0) is 12.8. The molecule has 0 spiro atoms. The Labute approximate surface area is 99.5 Å². The number of carbonyl (C=O) groups excluding carboxylic acids is 1. The van der Waals surface area contributed by atoms with Gasteiger partial charge in [-0.2, -0.15) is 0 Å². The van der Waals surface area contributed by atoms with Gasteiger partial charge in [0.2, 0.25) is 0 Å². The lowest BCUT2D eigenvalue weighted by molar-refractivity contribution is 0.0262. The minimum Gasteiger partial charge on any atom is -0.444 e. The standard InChI is InChI=1S/C13H25NO2/c1-7-11(3)9-10-14(8-2)12(15)16-13(4,5)6/h7H,8-10H2,1-6H3. The van der Waals surface area contributed by atoms with Crippen LogP contribution in [0.25, 0.3) is 0 Å². The van der Waals surface area contributed by atoms with Gasteiger partial charge in [-0.05, 0) is 48.0 Å². The number of allylic oxidation sites excluding steroid dienone is 1. The first-order valence-corrected chi connectivity index (χ1v) is 5.90. The number of rotatable bonds is 4. The van der Waals surface area contributed by atoms with E-state index in [2.05, 4.69) is 13.0 Å². The van der Waals surface area contributed by atoms with Gasteiger partial charge in [0.15, 0.2) is 0 Å². The van der Waals surface area contributed by atoms with E-state index in [0.29, 0.717) is 6.54 Å². The molecule has 0 aromatic rings. The van der Waals surface area contributed by atoms with Crippen LogP contribution in [0.3, 0.4) is 0 Å². The zero-order valence-electron chi connectivity index (χ0n) is 11.5. The third kappa shape index (κ3) is 6.49. The number of amides is 1. The maximum Gasteiger partial charge on any atom is 0.410 e. The van der Waals surface area contributed by atoms with Crippen LogP contribution in [-0.2, 0) is 4.74 Å². The van der Waals surface area contributed by atoms with E-state index in [-0.39, 0.29) is 6.09 Å². The highest BCUT2D eigenvalue weighted by atomic mass is 16.6. The molecule has 0 aliphatic rings. The zero-order valence-corrected chi connectivity index (χ0v) is 11.5. The third-order valence-electron chi connectivity index (χ3n) is 2.30. The van der Waals surface area contributed by atoms with Crippen LogP contribution in [-0.4, -0.2) is 29.7 Å². The minimum absolute atomic E-state index is 0.223. The number of hydrogen-bond donors (Lipinski definition) is 0. The van der Waals surface area contributed by atoms with Crippen LogP contribution in [0.2, 0.25) is 0 Å². The van der Waals surface area contributed by atoms with Crippen molar-refractivity contribution in [1.82, 2.24) is 4.90 Å². The van der Waals surface area contributed by atoms with E-state index in [1.807, 2.05) is 34.6 Å². The lowest BCUT2D eigenvalue weighted by Gasteiger charge is -2.26. The average Bonchev–Trinajstić information content (AvgIpc) is 2.15. The predicted molar refractivity (Wildman–Crippen MR) is 67.5 cm³/mol. The second-order valence-corrected chi connectivity index (χ2v) is 4.95. The smallest absolute Gasteiger partial charge is 0.410 e. The SMILES string of the molecule is CC=C(C)CCN(CC)C(=O)OC(C)(C)C. The summed E-state index contributed by atoms with van der Waals surface area (Å²) in [6.45, 7) is 13.1. The highest BCUT2D eigenvalue weighted by Crippen LogP contribution is 2.11. The molecule has 0 fully saturated rings. The molecule has 0 heterocycles. The maximum absolute atomic E-state index is 11.8. The summed E-state index contributed by atoms with van der Waals surface area (Å²) in [6, 6.07) is 0. The largest absolute Gasteiger partial charge is 0.444 e. The lowest BCUT2D eigenvalue weighted by atomic mass is 10.2. The first-order chi connectivity index (χ1) is 7.30. The van der Waals surface area contributed by atoms with E-state index in [1.54, 1.807) is 4.90 Å². The van der Waals surface area contributed by atoms with Gasteiger partial charge in [-0.15, -0.1) is 0 Å². The van der Waals surface area contributed by atoms with E-state index in [9.17, 15) is 4.79 Å². The minimum atomic E-state index is -0.417. The predicted octanol–water partition coefficient (Wildman–Crippen LogP) is 3.60. The van der Waals surface area contributed by atoms with Crippen molar-refractivity contribution in [1.29, 1.82) is 0 Å². The summed E-state index contributed by atoms with van der Waals surface area (Å²) in [5.41, 5.74) is 0.877. The van der Waals surface area contributed by atoms with Crippen molar-refractivity contribution < 1.29 is 9.53 Å². The summed E-state index contributed by atoms with van der Waals surface area (Å²) < 4.78 is 5.32. The van der Waals surface area contributed by atoms with Gasteiger partial charge >= 0.3 is 6.09 Å². The highest BCUT2D eigenvalue weighted by Gasteiger charge is 2.20. The van der Waals surface area contributed by atoms with E-state index < -0.39 is 5.60 Å². The topological polar surface area (TPSA) is 29.5 Å². The summed E-state index contributed by atoms with van der Waals surface area (Å²) in [6.07, 6.45) is 2.76. The Morgan fingerprint density at radius 3 is 2.31 bits per heavy atom. The second-order valence-electron chi connectivity index (χ2n) is 4.95. The van der Waals surface area contributed by atoms with Crippen molar-refractivity contribution >= 4 is 6.09 Å². The van der Waals surface area contributed by atoms with Crippen molar-refractivity contribution in [3.05, 3.63) is 11.6 Å². The number of hydrogen-bond acceptors (Lipinski definition) is 2. The number of ether oxygens (including phenoxy) is 1. The molecule has 0 bridgehead atoms. The third-order valence-corrected chi connectivity index (χ3v) is 2.30. The van der Waals surface area contributed by atoms with Crippen molar-refractivity contribution in [2.45, 2.75) is 53.6 Å². The Balaban J connectivity index is 4.23. The summed E-state index contributed by atoms with van der Waals surface area (Å²) >= 11 is 0. The van der Waals surface area contributed by atoms with Crippen LogP contribution < -0.4 is 0 Å². The average molecular weight is 227 g/mol. The van der Waals surface area contributed by atoms with E-state index >= 15 is 0 Å². The Kier molecular flexibility index (Phi) is 6.16. The molecule has 1 amide bonds. The molecule has 3 nitrogen and oxygen atoms in total. The van der Waals surface area contributed by atoms with E-state index in [4.69, 9.17) is 4.74 Å². The highest BCUT2D eigenvalue weighted by molar-refractivity contribution is 5.68. The van der Waals surface area contributed by atoms with Crippen LogP contribution in [0, 0.1) is 0 Å². The number of carbonyl (C=O) groups is 1. The van der Waals surface area contributed by atoms with Crippen LogP contribution in [0.4, 0.5) is 4.79 Å². The van der Waals surface area contributed by atoms with Gasteiger partial charge in [0.1, 0.15) is 5.60 Å². The molecule has 0 radical (unpaired) electrons. The van der Waals surface area contributed by atoms with Crippen molar-refractivity contribution in [3.63, 3.8) is 0 Å². The fourth-order valence-corrected chi connectivity index (χ4v) is 1.16. The number of nitrogens with zero attached hydrogens (tertiary/aromatic N) is 1. The molecule has 94 valence electrons. The van der Waals surface area contributed by atoms with Gasteiger partial charge in [0.25, 0.3) is 0 Å². The van der Waals surface area contributed by atoms with Crippen molar-refractivity contribution in [2.24, 2.45) is 0 Å². The molecule has 0 aliphatic carbocycles. The molecule has 0 rings (SSSR count). The van der Waals surface area contributed by atoms with Crippen molar-refractivity contribution in [2.75, 3.05) is 13.1 Å². The van der Waals surface area contributed by atoms with Gasteiger partial charge in [-0.1, -0.05) is 11.6 Å². The Morgan fingerprint density at radius 2 is 1.94 bits per heavy atom. The molecule has 0 unspecified atom stereocenters. The van der Waals surface area contributed by atoms with Crippen LogP contribution in [0.15, 0.2) is 11.6 Å². The molecular weight excluding hydrogens is 202 g/mol. The molecular formula is C13H25NO2. The molecule has 0 aliphatic heterocycles. The van der Waals surface area contributed by atoms with Crippen LogP contribution in [0.1, 0.15) is 48.0 Å².